The van der Waals surface area contributed by atoms with Crippen LogP contribution in [0.15, 0.2) is 28.7 Å². The molecule has 106 valence electrons. The fraction of sp³-hybridized carbons (Fsp3) is 0.143. The molecular formula is C14H10BrClF3N. The molecule has 0 heterocycles. The van der Waals surface area contributed by atoms with E-state index in [0.717, 1.165) is 16.1 Å². The van der Waals surface area contributed by atoms with Crippen molar-refractivity contribution >= 4 is 33.2 Å². The molecule has 0 spiro atoms. The van der Waals surface area contributed by atoms with Crippen molar-refractivity contribution in [3.63, 3.8) is 0 Å². The summed E-state index contributed by atoms with van der Waals surface area (Å²) in [5.74, 6) is -3.08. The second-order valence-electron chi connectivity index (χ2n) is 4.29. The molecular weight excluding hydrogens is 355 g/mol. The van der Waals surface area contributed by atoms with Gasteiger partial charge in [0.1, 0.15) is 5.82 Å². The first kappa shape index (κ1) is 15.2. The van der Waals surface area contributed by atoms with Gasteiger partial charge in [0.25, 0.3) is 0 Å². The van der Waals surface area contributed by atoms with Gasteiger partial charge in [-0.25, -0.2) is 13.2 Å². The van der Waals surface area contributed by atoms with Gasteiger partial charge in [-0.05, 0) is 46.6 Å². The lowest BCUT2D eigenvalue weighted by atomic mass is 10.2. The van der Waals surface area contributed by atoms with E-state index in [4.69, 9.17) is 11.6 Å². The van der Waals surface area contributed by atoms with Crippen LogP contribution in [0.2, 0.25) is 5.02 Å². The fourth-order valence-corrected chi connectivity index (χ4v) is 2.43. The van der Waals surface area contributed by atoms with E-state index in [1.165, 1.54) is 0 Å². The molecule has 2 aromatic carbocycles. The van der Waals surface area contributed by atoms with Crippen LogP contribution < -0.4 is 5.32 Å². The average Bonchev–Trinajstić information content (AvgIpc) is 2.37. The minimum atomic E-state index is -1.20. The standard InChI is InChI=1S/C14H10BrClF3N/c1-7-2-9(15)14(4-10(7)16)20-6-8-3-12(18)13(19)5-11(8)17/h2-5,20H,6H2,1H3. The number of halogens is 5. The topological polar surface area (TPSA) is 12.0 Å². The Balaban J connectivity index is 2.21. The van der Waals surface area contributed by atoms with Crippen LogP contribution in [0.1, 0.15) is 11.1 Å². The molecule has 0 atom stereocenters. The van der Waals surface area contributed by atoms with Gasteiger partial charge in [0.05, 0.1) is 5.69 Å². The zero-order valence-electron chi connectivity index (χ0n) is 10.4. The van der Waals surface area contributed by atoms with Crippen molar-refractivity contribution < 1.29 is 13.2 Å². The molecule has 2 rings (SSSR count). The zero-order valence-corrected chi connectivity index (χ0v) is 12.7. The van der Waals surface area contributed by atoms with Crippen LogP contribution in [-0.4, -0.2) is 0 Å². The molecule has 0 fully saturated rings. The molecule has 0 radical (unpaired) electrons. The number of benzene rings is 2. The molecule has 0 aliphatic carbocycles. The van der Waals surface area contributed by atoms with Gasteiger partial charge in [-0.2, -0.15) is 0 Å². The molecule has 1 N–H and O–H groups in total. The lowest BCUT2D eigenvalue weighted by Crippen LogP contribution is -2.04. The van der Waals surface area contributed by atoms with Crippen molar-refractivity contribution in [2.24, 2.45) is 0 Å². The van der Waals surface area contributed by atoms with Crippen LogP contribution in [0.5, 0.6) is 0 Å². The van der Waals surface area contributed by atoms with Gasteiger partial charge in [0.15, 0.2) is 11.6 Å². The molecule has 0 saturated heterocycles. The molecule has 0 aliphatic rings. The van der Waals surface area contributed by atoms with Crippen LogP contribution in [0.4, 0.5) is 18.9 Å². The molecule has 0 aromatic heterocycles. The van der Waals surface area contributed by atoms with Gasteiger partial charge in [0.2, 0.25) is 0 Å². The number of anilines is 1. The van der Waals surface area contributed by atoms with Crippen LogP contribution in [-0.2, 0) is 6.54 Å². The van der Waals surface area contributed by atoms with Crippen LogP contribution >= 0.6 is 27.5 Å². The molecule has 1 nitrogen and oxygen atoms in total. The predicted molar refractivity (Wildman–Crippen MR) is 77.5 cm³/mol. The molecule has 2 aromatic rings. The van der Waals surface area contributed by atoms with E-state index in [1.54, 1.807) is 6.07 Å². The van der Waals surface area contributed by atoms with E-state index in [2.05, 4.69) is 21.2 Å². The highest BCUT2D eigenvalue weighted by molar-refractivity contribution is 9.10. The summed E-state index contributed by atoms with van der Waals surface area (Å²) in [6.45, 7) is 1.87. The lowest BCUT2D eigenvalue weighted by Gasteiger charge is -2.11. The van der Waals surface area contributed by atoms with Crippen molar-refractivity contribution in [3.05, 3.63) is 62.3 Å². The number of aryl methyl sites for hydroxylation is 1. The van der Waals surface area contributed by atoms with E-state index in [-0.39, 0.29) is 12.1 Å². The fourth-order valence-electron chi connectivity index (χ4n) is 1.67. The van der Waals surface area contributed by atoms with Crippen molar-refractivity contribution in [1.29, 1.82) is 0 Å². The van der Waals surface area contributed by atoms with E-state index in [9.17, 15) is 13.2 Å². The Bertz CT molecular complexity index is 604. The summed E-state index contributed by atoms with van der Waals surface area (Å²) < 4.78 is 40.2. The monoisotopic (exact) mass is 363 g/mol. The van der Waals surface area contributed by atoms with Crippen molar-refractivity contribution in [3.8, 4) is 0 Å². The summed E-state index contributed by atoms with van der Waals surface area (Å²) in [4.78, 5) is 0. The molecule has 0 amide bonds. The van der Waals surface area contributed by atoms with Gasteiger partial charge in [-0.15, -0.1) is 0 Å². The first-order chi connectivity index (χ1) is 9.38. The molecule has 0 bridgehead atoms. The Labute approximate surface area is 127 Å². The minimum Gasteiger partial charge on any atom is -0.380 e. The maximum atomic E-state index is 13.5. The van der Waals surface area contributed by atoms with Gasteiger partial charge in [-0.3, -0.25) is 0 Å². The Morgan fingerprint density at radius 2 is 1.70 bits per heavy atom. The summed E-state index contributed by atoms with van der Waals surface area (Å²) in [6, 6.07) is 4.86. The van der Waals surface area contributed by atoms with Crippen molar-refractivity contribution in [2.75, 3.05) is 5.32 Å². The SMILES string of the molecule is Cc1cc(Br)c(NCc2cc(F)c(F)cc2F)cc1Cl. The van der Waals surface area contributed by atoms with Crippen LogP contribution in [0.25, 0.3) is 0 Å². The van der Waals surface area contributed by atoms with Gasteiger partial charge in [-0.1, -0.05) is 11.6 Å². The number of hydrogen-bond donors (Lipinski definition) is 1. The second kappa shape index (κ2) is 6.06. The lowest BCUT2D eigenvalue weighted by molar-refractivity contribution is 0.490. The predicted octanol–water partition coefficient (Wildman–Crippen LogP) is 5.44. The number of nitrogens with one attached hydrogen (secondary N) is 1. The molecule has 0 aliphatic heterocycles. The van der Waals surface area contributed by atoms with Crippen LogP contribution in [0.3, 0.4) is 0 Å². The third-order valence-electron chi connectivity index (χ3n) is 2.81. The first-order valence-electron chi connectivity index (χ1n) is 5.71. The summed E-state index contributed by atoms with van der Waals surface area (Å²) in [6.07, 6.45) is 0. The van der Waals surface area contributed by atoms with Gasteiger partial charge >= 0.3 is 0 Å². The first-order valence-corrected chi connectivity index (χ1v) is 6.88. The van der Waals surface area contributed by atoms with Gasteiger partial charge in [0, 0.05) is 27.7 Å². The maximum absolute atomic E-state index is 13.5. The van der Waals surface area contributed by atoms with E-state index < -0.39 is 17.5 Å². The third-order valence-corrected chi connectivity index (χ3v) is 3.87. The van der Waals surface area contributed by atoms with E-state index >= 15 is 0 Å². The number of hydrogen-bond acceptors (Lipinski definition) is 1. The Morgan fingerprint density at radius 3 is 2.40 bits per heavy atom. The van der Waals surface area contributed by atoms with Crippen molar-refractivity contribution in [1.82, 2.24) is 0 Å². The summed E-state index contributed by atoms with van der Waals surface area (Å²) in [7, 11) is 0. The largest absolute Gasteiger partial charge is 0.380 e. The second-order valence-corrected chi connectivity index (χ2v) is 5.55. The summed E-state index contributed by atoms with van der Waals surface area (Å²) >= 11 is 9.35. The normalized spacial score (nSPS) is 10.7. The smallest absolute Gasteiger partial charge is 0.161 e. The molecule has 20 heavy (non-hydrogen) atoms. The summed E-state index contributed by atoms with van der Waals surface area (Å²) in [5.41, 5.74) is 1.57. The maximum Gasteiger partial charge on any atom is 0.161 e. The van der Waals surface area contributed by atoms with E-state index in [0.29, 0.717) is 16.8 Å². The zero-order chi connectivity index (χ0) is 14.9. The van der Waals surface area contributed by atoms with E-state index in [1.807, 2.05) is 13.0 Å². The highest BCUT2D eigenvalue weighted by Gasteiger charge is 2.10. The molecule has 0 unspecified atom stereocenters. The molecule has 0 saturated carbocycles. The Kier molecular flexibility index (Phi) is 4.60. The highest BCUT2D eigenvalue weighted by atomic mass is 79.9. The Morgan fingerprint density at radius 1 is 1.05 bits per heavy atom. The van der Waals surface area contributed by atoms with Gasteiger partial charge < -0.3 is 5.32 Å². The summed E-state index contributed by atoms with van der Waals surface area (Å²) in [5, 5.41) is 3.48. The minimum absolute atomic E-state index is 0.0149. The van der Waals surface area contributed by atoms with Crippen molar-refractivity contribution in [2.45, 2.75) is 13.5 Å². The molecule has 6 heteroatoms. The Hall–Kier alpha value is -1.20. The quantitative estimate of drug-likeness (QED) is 0.715. The average molecular weight is 365 g/mol. The van der Waals surface area contributed by atoms with Crippen LogP contribution in [0, 0.1) is 24.4 Å². The third kappa shape index (κ3) is 3.27. The number of rotatable bonds is 3. The highest BCUT2D eigenvalue weighted by Crippen LogP contribution is 2.29.